The number of cyclic esters (lactones) is 2. The van der Waals surface area contributed by atoms with E-state index in [1.54, 1.807) is 6.92 Å². The third-order valence-corrected chi connectivity index (χ3v) is 4.06. The standard InChI is InChI=1S/3C6H10O2.2CH4/c2*1-4-3-6(7)8-5(4)2;1-5(4-7)3-6(2)8;;/h3*4-5H,3H2,1-2H3;2*1H4. The van der Waals surface area contributed by atoms with Crippen LogP contribution in [0.3, 0.4) is 0 Å². The van der Waals surface area contributed by atoms with E-state index in [1.807, 2.05) is 27.7 Å². The first-order valence-corrected chi connectivity index (χ1v) is 8.40. The van der Waals surface area contributed by atoms with Crippen molar-refractivity contribution in [1.29, 1.82) is 0 Å². The number of esters is 2. The van der Waals surface area contributed by atoms with E-state index >= 15 is 0 Å². The van der Waals surface area contributed by atoms with Crippen LogP contribution >= 0.6 is 0 Å². The van der Waals surface area contributed by atoms with E-state index in [9.17, 15) is 19.2 Å². The van der Waals surface area contributed by atoms with Crippen LogP contribution in [0.5, 0.6) is 0 Å². The molecule has 0 bridgehead atoms. The van der Waals surface area contributed by atoms with Gasteiger partial charge >= 0.3 is 11.9 Å². The van der Waals surface area contributed by atoms with Gasteiger partial charge in [0.25, 0.3) is 0 Å². The van der Waals surface area contributed by atoms with Gasteiger partial charge in [0.2, 0.25) is 0 Å². The maximum absolute atomic E-state index is 10.4. The van der Waals surface area contributed by atoms with Gasteiger partial charge in [0.1, 0.15) is 24.3 Å². The van der Waals surface area contributed by atoms with Gasteiger partial charge in [0.05, 0.1) is 12.8 Å². The molecule has 0 saturated carbocycles. The fraction of sp³-hybridized carbons (Fsp3) is 0.800. The first kappa shape index (κ1) is 29.1. The maximum Gasteiger partial charge on any atom is 0.306 e. The number of rotatable bonds is 3. The van der Waals surface area contributed by atoms with Crippen LogP contribution < -0.4 is 0 Å². The lowest BCUT2D eigenvalue weighted by atomic mass is 10.1. The number of ether oxygens (including phenoxy) is 2. The summed E-state index contributed by atoms with van der Waals surface area (Å²) in [4.78, 5) is 41.0. The topological polar surface area (TPSA) is 86.7 Å². The molecule has 0 radical (unpaired) electrons. The Hall–Kier alpha value is -1.72. The lowest BCUT2D eigenvalue weighted by molar-refractivity contribution is -0.141. The Balaban J connectivity index is -0.000000294. The van der Waals surface area contributed by atoms with E-state index in [0.717, 1.165) is 6.29 Å². The molecule has 2 aliphatic heterocycles. The average molecular weight is 375 g/mol. The van der Waals surface area contributed by atoms with Crippen LogP contribution in [-0.2, 0) is 28.7 Å². The second kappa shape index (κ2) is 14.4. The third kappa shape index (κ3) is 12.6. The van der Waals surface area contributed by atoms with Gasteiger partial charge in [0.15, 0.2) is 0 Å². The summed E-state index contributed by atoms with van der Waals surface area (Å²) in [5, 5.41) is 0. The zero-order valence-electron chi connectivity index (χ0n) is 15.5. The van der Waals surface area contributed by atoms with Crippen molar-refractivity contribution in [2.45, 2.75) is 87.9 Å². The molecule has 5 atom stereocenters. The Bertz CT molecular complexity index is 394. The van der Waals surface area contributed by atoms with Gasteiger partial charge in [-0.15, -0.1) is 0 Å². The van der Waals surface area contributed by atoms with Crippen molar-refractivity contribution in [2.75, 3.05) is 0 Å². The van der Waals surface area contributed by atoms with Crippen molar-refractivity contribution in [2.24, 2.45) is 17.8 Å². The number of carbonyl (C=O) groups is 4. The first-order valence-electron chi connectivity index (χ1n) is 8.40. The smallest absolute Gasteiger partial charge is 0.306 e. The number of ketones is 1. The van der Waals surface area contributed by atoms with Gasteiger partial charge in [-0.1, -0.05) is 35.6 Å². The van der Waals surface area contributed by atoms with Crippen molar-refractivity contribution < 1.29 is 28.7 Å². The summed E-state index contributed by atoms with van der Waals surface area (Å²) in [7, 11) is 0. The van der Waals surface area contributed by atoms with Crippen LogP contribution in [0.1, 0.15) is 75.7 Å². The Morgan fingerprint density at radius 2 is 1.35 bits per heavy atom. The molecule has 0 aromatic rings. The average Bonchev–Trinajstić information content (AvgIpc) is 2.91. The first-order chi connectivity index (χ1) is 11.1. The van der Waals surface area contributed by atoms with Gasteiger partial charge < -0.3 is 19.1 Å². The minimum atomic E-state index is -0.104. The summed E-state index contributed by atoms with van der Waals surface area (Å²) in [6, 6.07) is 0. The number of hydrogen-bond acceptors (Lipinski definition) is 6. The molecule has 2 saturated heterocycles. The Kier molecular flexibility index (Phi) is 16.1. The molecule has 2 fully saturated rings. The summed E-state index contributed by atoms with van der Waals surface area (Å²) < 4.78 is 9.67. The number of hydrogen-bond donors (Lipinski definition) is 0. The van der Waals surface area contributed by atoms with Gasteiger partial charge in [-0.05, 0) is 20.8 Å². The second-order valence-corrected chi connectivity index (χ2v) is 6.77. The summed E-state index contributed by atoms with van der Waals surface area (Å²) in [5.74, 6) is 0.706. The van der Waals surface area contributed by atoms with E-state index in [2.05, 4.69) is 0 Å². The van der Waals surface area contributed by atoms with Crippen LogP contribution in [0.15, 0.2) is 0 Å². The normalized spacial score (nSPS) is 27.0. The van der Waals surface area contributed by atoms with Crippen molar-refractivity contribution in [3.05, 3.63) is 0 Å². The van der Waals surface area contributed by atoms with Crippen LogP contribution in [0.2, 0.25) is 0 Å². The van der Waals surface area contributed by atoms with Crippen LogP contribution in [0.4, 0.5) is 0 Å². The molecule has 26 heavy (non-hydrogen) atoms. The van der Waals surface area contributed by atoms with Crippen molar-refractivity contribution in [3.8, 4) is 0 Å². The highest BCUT2D eigenvalue weighted by atomic mass is 16.6. The summed E-state index contributed by atoms with van der Waals surface area (Å²) >= 11 is 0. The second-order valence-electron chi connectivity index (χ2n) is 6.77. The molecule has 6 heteroatoms. The van der Waals surface area contributed by atoms with Gasteiger partial charge in [-0.25, -0.2) is 0 Å². The van der Waals surface area contributed by atoms with Crippen LogP contribution in [0, 0.1) is 17.8 Å². The number of Topliss-reactive ketones (excluding diaryl/α,β-unsaturated/α-hetero) is 1. The highest BCUT2D eigenvalue weighted by Gasteiger charge is 2.27. The highest BCUT2D eigenvalue weighted by molar-refractivity contribution is 5.78. The van der Waals surface area contributed by atoms with E-state index in [1.165, 1.54) is 6.92 Å². The molecule has 6 nitrogen and oxygen atoms in total. The molecule has 0 N–H and O–H groups in total. The molecule has 0 spiro atoms. The van der Waals surface area contributed by atoms with E-state index in [-0.39, 0.29) is 50.7 Å². The van der Waals surface area contributed by atoms with Crippen molar-refractivity contribution in [1.82, 2.24) is 0 Å². The maximum atomic E-state index is 10.4. The largest absolute Gasteiger partial charge is 0.462 e. The number of carbonyl (C=O) groups excluding carboxylic acids is 4. The Labute approximate surface area is 159 Å². The predicted molar refractivity (Wildman–Crippen MR) is 103 cm³/mol. The van der Waals surface area contributed by atoms with Crippen LogP contribution in [-0.4, -0.2) is 36.2 Å². The lowest BCUT2D eigenvalue weighted by Crippen LogP contribution is -2.06. The van der Waals surface area contributed by atoms with Gasteiger partial charge in [-0.2, -0.15) is 0 Å². The monoisotopic (exact) mass is 374 g/mol. The molecule has 0 amide bonds. The molecular weight excluding hydrogens is 336 g/mol. The molecule has 0 aromatic carbocycles. The molecule has 2 heterocycles. The predicted octanol–water partition coefficient (Wildman–Crippen LogP) is 3.99. The fourth-order valence-electron chi connectivity index (χ4n) is 2.10. The molecule has 2 rings (SSSR count). The molecule has 0 aromatic heterocycles. The summed E-state index contributed by atoms with van der Waals surface area (Å²) in [6.07, 6.45) is 2.65. The highest BCUT2D eigenvalue weighted by Crippen LogP contribution is 2.20. The van der Waals surface area contributed by atoms with E-state index < -0.39 is 0 Å². The Morgan fingerprint density at radius 1 is 1.00 bits per heavy atom. The van der Waals surface area contributed by atoms with Crippen LogP contribution in [0.25, 0.3) is 0 Å². The third-order valence-electron chi connectivity index (χ3n) is 4.06. The van der Waals surface area contributed by atoms with Gasteiger partial charge in [-0.3, -0.25) is 9.59 Å². The molecule has 0 aliphatic carbocycles. The summed E-state index contributed by atoms with van der Waals surface area (Å²) in [5.41, 5.74) is 0. The summed E-state index contributed by atoms with van der Waals surface area (Å²) in [6.45, 7) is 11.1. The Morgan fingerprint density at radius 3 is 1.42 bits per heavy atom. The molecule has 5 unspecified atom stereocenters. The van der Waals surface area contributed by atoms with Gasteiger partial charge in [0, 0.05) is 24.2 Å². The quantitative estimate of drug-likeness (QED) is 0.548. The lowest BCUT2D eigenvalue weighted by Gasteiger charge is -2.03. The van der Waals surface area contributed by atoms with Crippen molar-refractivity contribution >= 4 is 24.0 Å². The van der Waals surface area contributed by atoms with E-state index in [0.29, 0.717) is 31.1 Å². The minimum Gasteiger partial charge on any atom is -0.462 e. The molecule has 2 aliphatic rings. The zero-order valence-corrected chi connectivity index (χ0v) is 15.5. The fourth-order valence-corrected chi connectivity index (χ4v) is 2.10. The SMILES string of the molecule is C.C.CC(=O)CC(C)C=O.CC1CC(=O)OC1C.CC1CC(=O)OC1C. The minimum absolute atomic E-state index is 0. The van der Waals surface area contributed by atoms with Crippen molar-refractivity contribution in [3.63, 3.8) is 0 Å². The zero-order chi connectivity index (χ0) is 18.9. The molecular formula is C20H38O6. The number of aldehydes is 1. The van der Waals surface area contributed by atoms with E-state index in [4.69, 9.17) is 9.47 Å². The molecule has 154 valence electrons.